The van der Waals surface area contributed by atoms with Crippen LogP contribution in [-0.2, 0) is 14.9 Å². The van der Waals surface area contributed by atoms with Gasteiger partial charge < -0.3 is 14.9 Å². The van der Waals surface area contributed by atoms with Gasteiger partial charge in [-0.15, -0.1) is 0 Å². The topological polar surface area (TPSA) is 66.8 Å². The normalized spacial score (nSPS) is 42.4. The smallest absolute Gasteiger partial charge is 0.331 e. The van der Waals surface area contributed by atoms with Crippen LogP contribution >= 0.6 is 11.6 Å². The predicted molar refractivity (Wildman–Crippen MR) is 179 cm³/mol. The molecular weight excluding hydrogens is 568 g/mol. The van der Waals surface area contributed by atoms with Crippen LogP contribution in [0.2, 0.25) is 5.02 Å². The van der Waals surface area contributed by atoms with E-state index in [9.17, 15) is 15.0 Å². The van der Waals surface area contributed by atoms with Gasteiger partial charge in [-0.3, -0.25) is 0 Å². The molecule has 2 N–H and O–H groups in total. The first-order valence-corrected chi connectivity index (χ1v) is 17.2. The molecule has 0 aromatic heterocycles. The van der Waals surface area contributed by atoms with Gasteiger partial charge in [-0.1, -0.05) is 76.6 Å². The fraction of sp³-hybridized carbons (Fsp3) is 0.667. The maximum absolute atomic E-state index is 12.9. The molecule has 0 radical (unpaired) electrons. The van der Waals surface area contributed by atoms with Crippen LogP contribution in [0.3, 0.4) is 0 Å². The Kier molecular flexibility index (Phi) is 8.82. The van der Waals surface area contributed by atoms with E-state index in [4.69, 9.17) is 16.3 Å². The van der Waals surface area contributed by atoms with Crippen LogP contribution in [0.15, 0.2) is 59.4 Å². The first kappa shape index (κ1) is 33.3. The average Bonchev–Trinajstić information content (AvgIpc) is 3.20. The van der Waals surface area contributed by atoms with Crippen LogP contribution in [0.1, 0.15) is 112 Å². The Morgan fingerprint density at radius 3 is 2.32 bits per heavy atom. The number of halogens is 1. The minimum Gasteiger partial charge on any atom is -0.491 e. The Morgan fingerprint density at radius 1 is 1.07 bits per heavy atom. The van der Waals surface area contributed by atoms with Crippen LogP contribution in [0.4, 0.5) is 0 Å². The molecule has 5 heteroatoms. The number of carboxylic acids is 1. The van der Waals surface area contributed by atoms with Crippen molar-refractivity contribution in [1.82, 2.24) is 0 Å². The van der Waals surface area contributed by atoms with Gasteiger partial charge in [-0.2, -0.15) is 0 Å². The van der Waals surface area contributed by atoms with Crippen molar-refractivity contribution in [3.05, 3.63) is 70.0 Å². The molecule has 5 rings (SSSR count). The van der Waals surface area contributed by atoms with E-state index >= 15 is 0 Å². The number of fused-ring (bicyclic) bond motifs is 5. The number of aliphatic hydroxyl groups excluding tert-OH is 1. The second kappa shape index (κ2) is 11.6. The summed E-state index contributed by atoms with van der Waals surface area (Å²) in [6, 6.07) is 8.51. The Balaban J connectivity index is 1.61. The zero-order valence-electron chi connectivity index (χ0n) is 28.3. The third-order valence-corrected chi connectivity index (χ3v) is 13.9. The molecule has 1 aromatic carbocycles. The van der Waals surface area contributed by atoms with Gasteiger partial charge in [0, 0.05) is 10.6 Å². The molecule has 0 spiro atoms. The first-order chi connectivity index (χ1) is 20.5. The van der Waals surface area contributed by atoms with Crippen molar-refractivity contribution in [2.75, 3.05) is 0 Å². The number of rotatable bonds is 7. The number of carboxylic acid groups (broad SMARTS) is 1. The Morgan fingerprint density at radius 2 is 1.73 bits per heavy atom. The van der Waals surface area contributed by atoms with Gasteiger partial charge >= 0.3 is 5.97 Å². The summed E-state index contributed by atoms with van der Waals surface area (Å²) in [6.45, 7) is 22.2. The van der Waals surface area contributed by atoms with Gasteiger partial charge in [0.2, 0.25) is 0 Å². The summed E-state index contributed by atoms with van der Waals surface area (Å²) in [4.78, 5) is 12.9. The monoisotopic (exact) mass is 622 g/mol. The van der Waals surface area contributed by atoms with Crippen LogP contribution in [-0.4, -0.2) is 28.4 Å². The van der Waals surface area contributed by atoms with Crippen LogP contribution < -0.4 is 0 Å². The molecule has 4 aliphatic rings. The zero-order valence-corrected chi connectivity index (χ0v) is 29.1. The first-order valence-electron chi connectivity index (χ1n) is 16.9. The quantitative estimate of drug-likeness (QED) is 0.180. The highest BCUT2D eigenvalue weighted by Gasteiger charge is 2.72. The molecule has 4 aliphatic carbocycles. The van der Waals surface area contributed by atoms with E-state index in [0.29, 0.717) is 42.4 Å². The highest BCUT2D eigenvalue weighted by atomic mass is 35.5. The lowest BCUT2D eigenvalue weighted by molar-refractivity contribution is -0.233. The summed E-state index contributed by atoms with van der Waals surface area (Å²) >= 11 is 6.34. The number of hydrogen-bond acceptors (Lipinski definition) is 3. The average molecular weight is 623 g/mol. The van der Waals surface area contributed by atoms with Crippen molar-refractivity contribution in [2.24, 2.45) is 39.9 Å². The summed E-state index contributed by atoms with van der Waals surface area (Å²) in [7, 11) is 0. The van der Waals surface area contributed by atoms with Crippen molar-refractivity contribution in [2.45, 2.75) is 124 Å². The number of aliphatic hydroxyl groups is 1. The van der Waals surface area contributed by atoms with Crippen molar-refractivity contribution >= 4 is 17.6 Å². The summed E-state index contributed by atoms with van der Waals surface area (Å²) in [6.07, 6.45) is 8.05. The Bertz CT molecular complexity index is 1360. The highest BCUT2D eigenvalue weighted by Crippen LogP contribution is 2.76. The minimum atomic E-state index is -0.862. The van der Waals surface area contributed by atoms with E-state index in [0.717, 1.165) is 42.7 Å². The Labute approximate surface area is 271 Å². The Hall–Kier alpha value is -2.04. The molecule has 4 nitrogen and oxygen atoms in total. The van der Waals surface area contributed by atoms with E-state index in [1.54, 1.807) is 0 Å². The number of benzene rings is 1. The van der Waals surface area contributed by atoms with Crippen molar-refractivity contribution in [1.29, 1.82) is 0 Å². The lowest BCUT2D eigenvalue weighted by atomic mass is 9.34. The number of allylic oxidation sites excluding steroid dienone is 3. The van der Waals surface area contributed by atoms with Gasteiger partial charge in [-0.25, -0.2) is 4.79 Å². The minimum absolute atomic E-state index is 0.0237. The second-order valence-electron chi connectivity index (χ2n) is 16.1. The highest BCUT2D eigenvalue weighted by molar-refractivity contribution is 6.30. The lowest BCUT2D eigenvalue weighted by Crippen LogP contribution is -2.67. The summed E-state index contributed by atoms with van der Waals surface area (Å²) in [5.74, 6) is 0.749. The molecule has 10 atom stereocenters. The van der Waals surface area contributed by atoms with E-state index in [1.165, 1.54) is 11.1 Å². The fourth-order valence-corrected chi connectivity index (χ4v) is 11.5. The zero-order chi connectivity index (χ0) is 32.4. The molecule has 0 aliphatic heterocycles. The molecule has 0 bridgehead atoms. The van der Waals surface area contributed by atoms with Crippen molar-refractivity contribution in [3.8, 4) is 0 Å². The molecule has 4 saturated carbocycles. The number of aliphatic carboxylic acids is 1. The summed E-state index contributed by atoms with van der Waals surface area (Å²) in [5.41, 5.74) is 3.44. The molecular formula is C39H55ClO4. The van der Waals surface area contributed by atoms with Gasteiger partial charge in [0.15, 0.2) is 0 Å². The molecule has 1 unspecified atom stereocenters. The predicted octanol–water partition coefficient (Wildman–Crippen LogP) is 9.90. The molecule has 0 saturated heterocycles. The third kappa shape index (κ3) is 5.02. The second-order valence-corrected chi connectivity index (χ2v) is 16.5. The molecule has 44 heavy (non-hydrogen) atoms. The maximum atomic E-state index is 12.9. The van der Waals surface area contributed by atoms with Gasteiger partial charge in [0.05, 0.1) is 11.9 Å². The largest absolute Gasteiger partial charge is 0.491 e. The SMILES string of the molecule is C=C(C)OC1C[C@@]2(C)[C@@H](C[C@@H](O)[C@H]3[C@@]4(C)CC[C@@H](C)[C@](C)(c5ccc(Cl)cc5)[C@H]4CC[C@@]32C)/C1=C(\CCC=C(C)C)C(=O)O. The van der Waals surface area contributed by atoms with Crippen LogP contribution in [0.25, 0.3) is 0 Å². The number of hydrogen-bond donors (Lipinski definition) is 2. The van der Waals surface area contributed by atoms with Gasteiger partial charge in [0.1, 0.15) is 6.10 Å². The van der Waals surface area contributed by atoms with E-state index in [-0.39, 0.29) is 39.6 Å². The van der Waals surface area contributed by atoms with Crippen LogP contribution in [0, 0.1) is 39.9 Å². The van der Waals surface area contributed by atoms with Crippen molar-refractivity contribution < 1.29 is 19.7 Å². The van der Waals surface area contributed by atoms with Gasteiger partial charge in [0.25, 0.3) is 0 Å². The van der Waals surface area contributed by atoms with Crippen LogP contribution in [0.5, 0.6) is 0 Å². The summed E-state index contributed by atoms with van der Waals surface area (Å²) < 4.78 is 6.42. The maximum Gasteiger partial charge on any atom is 0.331 e. The van der Waals surface area contributed by atoms with Crippen molar-refractivity contribution in [3.63, 3.8) is 0 Å². The molecule has 1 aromatic rings. The molecule has 0 heterocycles. The lowest BCUT2D eigenvalue weighted by Gasteiger charge is -2.71. The molecule has 4 fully saturated rings. The molecule has 0 amide bonds. The van der Waals surface area contributed by atoms with E-state index in [1.807, 2.05) is 32.9 Å². The number of ether oxygens (including phenoxy) is 1. The number of carbonyl (C=O) groups is 1. The third-order valence-electron chi connectivity index (χ3n) is 13.6. The standard InChI is InChI=1S/C39H55ClO4/c1-23(2)11-10-12-28(35(42)43)33-29-21-30(41)34-36(6)19-17-25(5)39(9,26-13-15-27(40)16-14-26)32(36)18-20-37(34,7)38(29,8)22-31(33)44-24(3)4/h11,13-16,25,29-32,34,41H,3,10,12,17-22H2,1-2,4-9H3,(H,42,43)/b33-28-/t25-,29+,30-,31?,32+,34+,36+,37+,38+,39-/m1/s1. The fourth-order valence-electron chi connectivity index (χ4n) is 11.4. The van der Waals surface area contributed by atoms with Gasteiger partial charge in [-0.05, 0) is 141 Å². The van der Waals surface area contributed by atoms with E-state index < -0.39 is 12.1 Å². The van der Waals surface area contributed by atoms with E-state index in [2.05, 4.69) is 59.4 Å². The molecule has 242 valence electrons. The summed E-state index contributed by atoms with van der Waals surface area (Å²) in [5, 5.41) is 23.7.